The topological polar surface area (TPSA) is 58.6 Å². The smallest absolute Gasteiger partial charge is 0.223 e. The van der Waals surface area contributed by atoms with Crippen LogP contribution in [-0.2, 0) is 4.79 Å². The number of hydrogen-bond acceptors (Lipinski definition) is 3. The van der Waals surface area contributed by atoms with Crippen LogP contribution < -0.4 is 10.1 Å². The molecule has 1 atom stereocenters. The van der Waals surface area contributed by atoms with Gasteiger partial charge in [-0.05, 0) is 30.9 Å². The second-order valence-corrected chi connectivity index (χ2v) is 4.69. The van der Waals surface area contributed by atoms with Crippen LogP contribution >= 0.6 is 0 Å². The number of carbonyl (C=O) groups is 1. The Morgan fingerprint density at radius 3 is 2.79 bits per heavy atom. The van der Waals surface area contributed by atoms with Crippen molar-refractivity contribution in [2.45, 2.75) is 26.2 Å². The third-order valence-electron chi connectivity index (χ3n) is 2.85. The third kappa shape index (κ3) is 7.47. The lowest BCUT2D eigenvalue weighted by molar-refractivity contribution is -0.121. The molecule has 1 unspecified atom stereocenters. The largest absolute Gasteiger partial charge is 0.493 e. The highest BCUT2D eigenvalue weighted by Crippen LogP contribution is 2.08. The minimum Gasteiger partial charge on any atom is -0.493 e. The molecule has 0 aliphatic heterocycles. The quantitative estimate of drug-likeness (QED) is 0.671. The zero-order valence-electron chi connectivity index (χ0n) is 11.5. The van der Waals surface area contributed by atoms with Crippen molar-refractivity contribution in [2.75, 3.05) is 19.8 Å². The van der Waals surface area contributed by atoms with Gasteiger partial charge in [-0.3, -0.25) is 4.79 Å². The van der Waals surface area contributed by atoms with Gasteiger partial charge < -0.3 is 15.2 Å². The van der Waals surface area contributed by atoms with Crippen LogP contribution in [0, 0.1) is 5.92 Å². The van der Waals surface area contributed by atoms with Crippen LogP contribution in [0.5, 0.6) is 5.75 Å². The third-order valence-corrected chi connectivity index (χ3v) is 2.85. The van der Waals surface area contributed by atoms with Crippen molar-refractivity contribution < 1.29 is 14.6 Å². The number of ether oxygens (including phenoxy) is 1. The molecule has 0 aliphatic rings. The van der Waals surface area contributed by atoms with Gasteiger partial charge in [0.05, 0.1) is 13.0 Å². The average molecular weight is 265 g/mol. The molecule has 0 radical (unpaired) electrons. The maximum atomic E-state index is 11.5. The van der Waals surface area contributed by atoms with E-state index < -0.39 is 0 Å². The van der Waals surface area contributed by atoms with Gasteiger partial charge in [-0.15, -0.1) is 0 Å². The Hall–Kier alpha value is -1.55. The molecule has 1 rings (SSSR count). The van der Waals surface area contributed by atoms with E-state index in [1.54, 1.807) is 0 Å². The van der Waals surface area contributed by atoms with Crippen molar-refractivity contribution >= 4 is 5.91 Å². The number of carbonyl (C=O) groups excluding carboxylic acids is 1. The molecule has 19 heavy (non-hydrogen) atoms. The van der Waals surface area contributed by atoms with Crippen LogP contribution in [0.2, 0.25) is 0 Å². The molecule has 1 aromatic carbocycles. The zero-order chi connectivity index (χ0) is 13.9. The zero-order valence-corrected chi connectivity index (χ0v) is 11.5. The number of hydrogen-bond donors (Lipinski definition) is 2. The summed E-state index contributed by atoms with van der Waals surface area (Å²) in [4.78, 5) is 11.5. The fourth-order valence-electron chi connectivity index (χ4n) is 1.64. The van der Waals surface area contributed by atoms with E-state index in [2.05, 4.69) is 5.32 Å². The molecular formula is C15H23NO3. The molecule has 0 saturated heterocycles. The van der Waals surface area contributed by atoms with Gasteiger partial charge in [0.2, 0.25) is 5.91 Å². The van der Waals surface area contributed by atoms with Crippen LogP contribution in [-0.4, -0.2) is 30.8 Å². The van der Waals surface area contributed by atoms with Crippen molar-refractivity contribution in [1.82, 2.24) is 5.32 Å². The summed E-state index contributed by atoms with van der Waals surface area (Å²) >= 11 is 0. The van der Waals surface area contributed by atoms with Crippen LogP contribution in [0.1, 0.15) is 26.2 Å². The molecule has 1 aromatic rings. The summed E-state index contributed by atoms with van der Waals surface area (Å²) in [6.07, 6.45) is 2.19. The van der Waals surface area contributed by atoms with Crippen LogP contribution in [0.15, 0.2) is 30.3 Å². The molecule has 0 heterocycles. The van der Waals surface area contributed by atoms with E-state index in [0.29, 0.717) is 25.5 Å². The van der Waals surface area contributed by atoms with Crippen molar-refractivity contribution in [1.29, 1.82) is 0 Å². The Balaban J connectivity index is 2.02. The molecule has 0 saturated carbocycles. The molecule has 0 aliphatic carbocycles. The average Bonchev–Trinajstić information content (AvgIpc) is 2.44. The summed E-state index contributed by atoms with van der Waals surface area (Å²) in [5.41, 5.74) is 0. The monoisotopic (exact) mass is 265 g/mol. The molecule has 0 aromatic heterocycles. The summed E-state index contributed by atoms with van der Waals surface area (Å²) in [5, 5.41) is 11.7. The number of amides is 1. The van der Waals surface area contributed by atoms with Gasteiger partial charge in [-0.25, -0.2) is 0 Å². The Morgan fingerprint density at radius 1 is 1.37 bits per heavy atom. The summed E-state index contributed by atoms with van der Waals surface area (Å²) in [5.74, 6) is 1.10. The van der Waals surface area contributed by atoms with E-state index >= 15 is 0 Å². The van der Waals surface area contributed by atoms with Gasteiger partial charge in [-0.1, -0.05) is 25.1 Å². The highest BCUT2D eigenvalue weighted by Gasteiger charge is 2.03. The van der Waals surface area contributed by atoms with E-state index in [9.17, 15) is 4.79 Å². The second-order valence-electron chi connectivity index (χ2n) is 4.69. The predicted octanol–water partition coefficient (Wildman–Crippen LogP) is 1.98. The summed E-state index contributed by atoms with van der Waals surface area (Å²) in [6.45, 7) is 3.26. The fourth-order valence-corrected chi connectivity index (χ4v) is 1.64. The molecule has 4 nitrogen and oxygen atoms in total. The number of nitrogens with one attached hydrogen (secondary N) is 1. The van der Waals surface area contributed by atoms with Gasteiger partial charge >= 0.3 is 0 Å². The Labute approximate surface area is 114 Å². The van der Waals surface area contributed by atoms with E-state index in [4.69, 9.17) is 9.84 Å². The number of aliphatic hydroxyl groups excluding tert-OH is 1. The molecule has 2 N–H and O–H groups in total. The molecule has 0 bridgehead atoms. The Morgan fingerprint density at radius 2 is 2.11 bits per heavy atom. The van der Waals surface area contributed by atoms with E-state index in [1.165, 1.54) is 0 Å². The van der Waals surface area contributed by atoms with Crippen LogP contribution in [0.25, 0.3) is 0 Å². The highest BCUT2D eigenvalue weighted by molar-refractivity contribution is 5.75. The number of rotatable bonds is 9. The van der Waals surface area contributed by atoms with E-state index in [-0.39, 0.29) is 12.5 Å². The maximum absolute atomic E-state index is 11.5. The highest BCUT2D eigenvalue weighted by atomic mass is 16.5. The normalized spacial score (nSPS) is 11.9. The molecule has 1 amide bonds. The summed E-state index contributed by atoms with van der Waals surface area (Å²) in [6, 6.07) is 9.46. The van der Waals surface area contributed by atoms with Gasteiger partial charge in [0, 0.05) is 13.2 Å². The lowest BCUT2D eigenvalue weighted by atomic mass is 10.1. The SMILES string of the molecule is CC(CO)CCCNC(=O)CCOc1ccccc1. The standard InChI is InChI=1S/C15H23NO3/c1-13(12-17)6-5-10-16-15(18)9-11-19-14-7-3-2-4-8-14/h2-4,7-8,13,17H,5-6,9-12H2,1H3,(H,16,18). The first kappa shape index (κ1) is 15.5. The number of para-hydroxylation sites is 1. The van der Waals surface area contributed by atoms with Gasteiger partial charge in [0.25, 0.3) is 0 Å². The van der Waals surface area contributed by atoms with Gasteiger partial charge in [-0.2, -0.15) is 0 Å². The lowest BCUT2D eigenvalue weighted by Gasteiger charge is -2.09. The number of aliphatic hydroxyl groups is 1. The Kier molecular flexibility index (Phi) is 7.66. The van der Waals surface area contributed by atoms with E-state index in [1.807, 2.05) is 37.3 Å². The van der Waals surface area contributed by atoms with E-state index in [0.717, 1.165) is 18.6 Å². The first-order valence-electron chi connectivity index (χ1n) is 6.77. The van der Waals surface area contributed by atoms with Crippen molar-refractivity contribution in [2.24, 2.45) is 5.92 Å². The van der Waals surface area contributed by atoms with Crippen molar-refractivity contribution in [3.05, 3.63) is 30.3 Å². The molecule has 0 spiro atoms. The molecule has 4 heteroatoms. The van der Waals surface area contributed by atoms with Crippen molar-refractivity contribution in [3.8, 4) is 5.75 Å². The van der Waals surface area contributed by atoms with Gasteiger partial charge in [0.1, 0.15) is 5.75 Å². The fraction of sp³-hybridized carbons (Fsp3) is 0.533. The first-order chi connectivity index (χ1) is 9.22. The Bertz CT molecular complexity index is 354. The minimum atomic E-state index is 0.00702. The number of benzene rings is 1. The molecule has 0 fully saturated rings. The van der Waals surface area contributed by atoms with Gasteiger partial charge in [0.15, 0.2) is 0 Å². The van der Waals surface area contributed by atoms with Crippen molar-refractivity contribution in [3.63, 3.8) is 0 Å². The molecular weight excluding hydrogens is 242 g/mol. The van der Waals surface area contributed by atoms with Crippen LogP contribution in [0.4, 0.5) is 0 Å². The minimum absolute atomic E-state index is 0.00702. The molecule has 106 valence electrons. The summed E-state index contributed by atoms with van der Waals surface area (Å²) in [7, 11) is 0. The second kappa shape index (κ2) is 9.39. The lowest BCUT2D eigenvalue weighted by Crippen LogP contribution is -2.26. The first-order valence-corrected chi connectivity index (χ1v) is 6.77. The predicted molar refractivity (Wildman–Crippen MR) is 75.0 cm³/mol. The maximum Gasteiger partial charge on any atom is 0.223 e. The summed E-state index contributed by atoms with van der Waals surface area (Å²) < 4.78 is 5.44. The van der Waals surface area contributed by atoms with Crippen LogP contribution in [0.3, 0.4) is 0 Å².